The Bertz CT molecular complexity index is 1020. The van der Waals surface area contributed by atoms with Crippen LogP contribution < -0.4 is 10.2 Å². The van der Waals surface area contributed by atoms with Gasteiger partial charge in [-0.15, -0.1) is 0 Å². The van der Waals surface area contributed by atoms with Crippen LogP contribution in [0, 0.1) is 0 Å². The van der Waals surface area contributed by atoms with Gasteiger partial charge >= 0.3 is 0 Å². The van der Waals surface area contributed by atoms with E-state index in [1.165, 1.54) is 0 Å². The summed E-state index contributed by atoms with van der Waals surface area (Å²) in [7, 11) is 0. The average Bonchev–Trinajstić information content (AvgIpc) is 3.40. The number of para-hydroxylation sites is 2. The summed E-state index contributed by atoms with van der Waals surface area (Å²) in [5.41, 5.74) is 2.81. The molecule has 2 heterocycles. The SMILES string of the molecule is O=C(CC1C(=O)N(C2CC2)c2nc3ccccc3n21)NCc1ccccc1. The zero-order valence-electron chi connectivity index (χ0n) is 14.8. The number of amides is 2. The van der Waals surface area contributed by atoms with Crippen LogP contribution in [0.3, 0.4) is 0 Å². The molecule has 1 N–H and O–H groups in total. The molecule has 1 unspecified atom stereocenters. The molecule has 3 aromatic rings. The third-order valence-corrected chi connectivity index (χ3v) is 5.25. The first-order valence-electron chi connectivity index (χ1n) is 9.33. The second-order valence-electron chi connectivity index (χ2n) is 7.19. The van der Waals surface area contributed by atoms with E-state index in [-0.39, 0.29) is 24.3 Å². The van der Waals surface area contributed by atoms with E-state index in [1.54, 1.807) is 4.90 Å². The minimum Gasteiger partial charge on any atom is -0.352 e. The summed E-state index contributed by atoms with van der Waals surface area (Å²) in [5, 5.41) is 2.93. The molecule has 1 aromatic heterocycles. The van der Waals surface area contributed by atoms with Crippen molar-refractivity contribution >= 4 is 28.8 Å². The van der Waals surface area contributed by atoms with Crippen molar-refractivity contribution in [3.8, 4) is 0 Å². The second kappa shape index (κ2) is 6.23. The predicted octanol–water partition coefficient (Wildman–Crippen LogP) is 2.79. The zero-order chi connectivity index (χ0) is 18.4. The molecule has 1 saturated carbocycles. The summed E-state index contributed by atoms with van der Waals surface area (Å²) in [6.45, 7) is 0.463. The number of rotatable bonds is 5. The Morgan fingerprint density at radius 1 is 1.07 bits per heavy atom. The van der Waals surface area contributed by atoms with Crippen molar-refractivity contribution in [1.29, 1.82) is 0 Å². The van der Waals surface area contributed by atoms with Crippen LogP contribution in [-0.4, -0.2) is 27.4 Å². The highest BCUT2D eigenvalue weighted by molar-refractivity contribution is 6.04. The molecule has 0 radical (unpaired) electrons. The molecule has 2 aliphatic rings. The van der Waals surface area contributed by atoms with Crippen molar-refractivity contribution in [3.63, 3.8) is 0 Å². The highest BCUT2D eigenvalue weighted by atomic mass is 16.2. The van der Waals surface area contributed by atoms with Crippen molar-refractivity contribution in [2.24, 2.45) is 0 Å². The zero-order valence-corrected chi connectivity index (χ0v) is 14.8. The maximum absolute atomic E-state index is 13.0. The van der Waals surface area contributed by atoms with E-state index in [0.717, 1.165) is 29.4 Å². The third-order valence-electron chi connectivity index (χ3n) is 5.25. The largest absolute Gasteiger partial charge is 0.352 e. The Hall–Kier alpha value is -3.15. The first-order chi connectivity index (χ1) is 13.2. The molecule has 2 amide bonds. The van der Waals surface area contributed by atoms with E-state index >= 15 is 0 Å². The lowest BCUT2D eigenvalue weighted by Crippen LogP contribution is -2.34. The van der Waals surface area contributed by atoms with E-state index in [0.29, 0.717) is 12.5 Å². The van der Waals surface area contributed by atoms with Crippen LogP contribution in [-0.2, 0) is 16.1 Å². The van der Waals surface area contributed by atoms with Gasteiger partial charge in [0.15, 0.2) is 0 Å². The van der Waals surface area contributed by atoms with E-state index in [9.17, 15) is 9.59 Å². The number of nitrogens with one attached hydrogen (secondary N) is 1. The van der Waals surface area contributed by atoms with Gasteiger partial charge in [-0.2, -0.15) is 0 Å². The third kappa shape index (κ3) is 2.77. The van der Waals surface area contributed by atoms with Gasteiger partial charge in [0.25, 0.3) is 5.91 Å². The number of hydrogen-bond donors (Lipinski definition) is 1. The topological polar surface area (TPSA) is 67.2 Å². The van der Waals surface area contributed by atoms with Gasteiger partial charge < -0.3 is 5.32 Å². The Balaban J connectivity index is 1.41. The number of aromatic nitrogens is 2. The van der Waals surface area contributed by atoms with E-state index in [2.05, 4.69) is 10.3 Å². The fourth-order valence-electron chi connectivity index (χ4n) is 3.78. The van der Waals surface area contributed by atoms with Crippen LogP contribution >= 0.6 is 0 Å². The molecular formula is C21H20N4O2. The lowest BCUT2D eigenvalue weighted by molar-refractivity contribution is -0.127. The van der Waals surface area contributed by atoms with Gasteiger partial charge in [0.2, 0.25) is 11.9 Å². The maximum atomic E-state index is 13.0. The van der Waals surface area contributed by atoms with Crippen LogP contribution in [0.2, 0.25) is 0 Å². The van der Waals surface area contributed by atoms with Gasteiger partial charge in [0, 0.05) is 12.6 Å². The van der Waals surface area contributed by atoms with Crippen LogP contribution in [0.5, 0.6) is 0 Å². The minimum atomic E-state index is -0.524. The molecule has 1 fully saturated rings. The molecule has 5 rings (SSSR count). The molecular weight excluding hydrogens is 340 g/mol. The van der Waals surface area contributed by atoms with Gasteiger partial charge in [-0.05, 0) is 30.5 Å². The van der Waals surface area contributed by atoms with Gasteiger partial charge in [0.05, 0.1) is 17.5 Å². The monoisotopic (exact) mass is 360 g/mol. The Labute approximate surface area is 156 Å². The van der Waals surface area contributed by atoms with E-state index in [4.69, 9.17) is 0 Å². The van der Waals surface area contributed by atoms with Gasteiger partial charge in [-0.3, -0.25) is 19.1 Å². The summed E-state index contributed by atoms with van der Waals surface area (Å²) >= 11 is 0. The van der Waals surface area contributed by atoms with Crippen LogP contribution in [0.1, 0.15) is 30.9 Å². The quantitative estimate of drug-likeness (QED) is 0.761. The number of fused-ring (bicyclic) bond motifs is 3. The summed E-state index contributed by atoms with van der Waals surface area (Å²) < 4.78 is 1.94. The van der Waals surface area contributed by atoms with Crippen LogP contribution in [0.4, 0.5) is 5.95 Å². The Morgan fingerprint density at radius 3 is 2.59 bits per heavy atom. The van der Waals surface area contributed by atoms with Crippen molar-refractivity contribution in [2.45, 2.75) is 37.9 Å². The molecule has 6 heteroatoms. The Kier molecular flexibility index (Phi) is 3.70. The summed E-state index contributed by atoms with van der Waals surface area (Å²) in [5.74, 6) is 0.545. The van der Waals surface area contributed by atoms with Crippen molar-refractivity contribution < 1.29 is 9.59 Å². The second-order valence-corrected chi connectivity index (χ2v) is 7.19. The molecule has 2 aromatic carbocycles. The summed E-state index contributed by atoms with van der Waals surface area (Å²) in [6, 6.07) is 17.3. The number of benzene rings is 2. The minimum absolute atomic E-state index is 0.0133. The molecule has 136 valence electrons. The molecule has 1 aliphatic heterocycles. The lowest BCUT2D eigenvalue weighted by atomic mass is 10.1. The van der Waals surface area contributed by atoms with Crippen LogP contribution in [0.25, 0.3) is 11.0 Å². The van der Waals surface area contributed by atoms with E-state index < -0.39 is 6.04 Å². The van der Waals surface area contributed by atoms with Crippen molar-refractivity contribution in [1.82, 2.24) is 14.9 Å². The molecule has 1 aliphatic carbocycles. The van der Waals surface area contributed by atoms with Crippen LogP contribution in [0.15, 0.2) is 54.6 Å². The van der Waals surface area contributed by atoms with Crippen molar-refractivity contribution in [2.75, 3.05) is 4.90 Å². The number of carbonyl (C=O) groups excluding carboxylic acids is 2. The lowest BCUT2D eigenvalue weighted by Gasteiger charge is -2.15. The van der Waals surface area contributed by atoms with Gasteiger partial charge in [-0.1, -0.05) is 42.5 Å². The summed E-state index contributed by atoms with van der Waals surface area (Å²) in [6.07, 6.45) is 2.13. The standard InChI is InChI=1S/C21H20N4O2/c26-19(22-13-14-6-2-1-3-7-14)12-18-20(27)24(15-10-11-15)21-23-16-8-4-5-9-17(16)25(18)21/h1-9,15,18H,10-13H2,(H,22,26). The molecule has 0 saturated heterocycles. The molecule has 6 nitrogen and oxygen atoms in total. The highest BCUT2D eigenvalue weighted by Gasteiger charge is 2.47. The first kappa shape index (κ1) is 16.1. The number of imidazole rings is 1. The summed E-state index contributed by atoms with van der Waals surface area (Å²) in [4.78, 5) is 32.1. The fourth-order valence-corrected chi connectivity index (χ4v) is 3.78. The fraction of sp³-hybridized carbons (Fsp3) is 0.286. The van der Waals surface area contributed by atoms with E-state index in [1.807, 2.05) is 59.2 Å². The van der Waals surface area contributed by atoms with Gasteiger partial charge in [0.1, 0.15) is 6.04 Å². The molecule has 27 heavy (non-hydrogen) atoms. The molecule has 1 atom stereocenters. The first-order valence-corrected chi connectivity index (χ1v) is 9.33. The molecule has 0 spiro atoms. The van der Waals surface area contributed by atoms with Crippen molar-refractivity contribution in [3.05, 3.63) is 60.2 Å². The number of anilines is 1. The normalized spacial score (nSPS) is 18.7. The average molecular weight is 360 g/mol. The highest BCUT2D eigenvalue weighted by Crippen LogP contribution is 2.42. The Morgan fingerprint density at radius 2 is 1.81 bits per heavy atom. The molecule has 0 bridgehead atoms. The predicted molar refractivity (Wildman–Crippen MR) is 102 cm³/mol. The number of carbonyl (C=O) groups is 2. The smallest absolute Gasteiger partial charge is 0.253 e. The number of hydrogen-bond acceptors (Lipinski definition) is 3. The maximum Gasteiger partial charge on any atom is 0.253 e. The van der Waals surface area contributed by atoms with Gasteiger partial charge in [-0.25, -0.2) is 4.98 Å². The number of nitrogens with zero attached hydrogens (tertiary/aromatic N) is 3.